The molecular weight excluding hydrogens is 278 g/mol. The Morgan fingerprint density at radius 2 is 1.77 bits per heavy atom. The average molecular weight is 309 g/mol. The summed E-state index contributed by atoms with van der Waals surface area (Å²) in [7, 11) is 0. The molecule has 0 aromatic carbocycles. The Hall–Kier alpha value is -1.10. The zero-order chi connectivity index (χ0) is 15.8. The molecule has 3 N–H and O–H groups in total. The summed E-state index contributed by atoms with van der Waals surface area (Å²) < 4.78 is 0. The predicted molar refractivity (Wildman–Crippen MR) is 87.4 cm³/mol. The van der Waals surface area contributed by atoms with Crippen LogP contribution < -0.4 is 16.0 Å². The van der Waals surface area contributed by atoms with Crippen molar-refractivity contribution in [3.8, 4) is 0 Å². The summed E-state index contributed by atoms with van der Waals surface area (Å²) in [5, 5.41) is 9.04. The van der Waals surface area contributed by atoms with Gasteiger partial charge in [0.2, 0.25) is 11.8 Å². The van der Waals surface area contributed by atoms with Crippen molar-refractivity contribution in [1.82, 2.24) is 16.0 Å². The van der Waals surface area contributed by atoms with Crippen LogP contribution in [0.15, 0.2) is 0 Å². The second-order valence-electron chi connectivity index (χ2n) is 7.30. The predicted octanol–water partition coefficient (Wildman–Crippen LogP) is 1.58. The van der Waals surface area contributed by atoms with E-state index in [1.807, 2.05) is 0 Å². The third kappa shape index (κ3) is 5.95. The van der Waals surface area contributed by atoms with E-state index in [0.717, 1.165) is 38.3 Å². The van der Waals surface area contributed by atoms with Gasteiger partial charge in [0.05, 0.1) is 6.54 Å². The highest BCUT2D eigenvalue weighted by Gasteiger charge is 2.27. The van der Waals surface area contributed by atoms with Crippen LogP contribution in [0.25, 0.3) is 0 Å². The van der Waals surface area contributed by atoms with E-state index in [-0.39, 0.29) is 23.8 Å². The number of carbonyl (C=O) groups is 2. The summed E-state index contributed by atoms with van der Waals surface area (Å²) in [5.41, 5.74) is 0.188. The molecule has 5 heteroatoms. The molecule has 2 rings (SSSR count). The number of amides is 2. The fourth-order valence-electron chi connectivity index (χ4n) is 3.48. The van der Waals surface area contributed by atoms with Gasteiger partial charge in [0, 0.05) is 13.0 Å². The number of nitrogens with one attached hydrogen (secondary N) is 3. The minimum Gasteiger partial charge on any atom is -0.354 e. The second-order valence-corrected chi connectivity index (χ2v) is 7.30. The van der Waals surface area contributed by atoms with Gasteiger partial charge in [-0.3, -0.25) is 9.59 Å². The van der Waals surface area contributed by atoms with Crippen molar-refractivity contribution in [3.05, 3.63) is 0 Å². The molecule has 2 aliphatic rings. The topological polar surface area (TPSA) is 70.2 Å². The SMILES string of the molecule is CC1(CNC(=O)CNC(=O)CCC2CCCC2)CCNCC1. The summed E-state index contributed by atoms with van der Waals surface area (Å²) in [6.07, 6.45) is 8.84. The van der Waals surface area contributed by atoms with Gasteiger partial charge in [0.15, 0.2) is 0 Å². The summed E-state index contributed by atoms with van der Waals surface area (Å²) in [5.74, 6) is 0.656. The highest BCUT2D eigenvalue weighted by Crippen LogP contribution is 2.28. The Balaban J connectivity index is 1.55. The summed E-state index contributed by atoms with van der Waals surface area (Å²) in [4.78, 5) is 23.6. The summed E-state index contributed by atoms with van der Waals surface area (Å²) in [6, 6.07) is 0. The fourth-order valence-corrected chi connectivity index (χ4v) is 3.48. The molecule has 5 nitrogen and oxygen atoms in total. The number of hydrogen-bond acceptors (Lipinski definition) is 3. The molecule has 1 saturated heterocycles. The first-order valence-corrected chi connectivity index (χ1v) is 8.81. The van der Waals surface area contributed by atoms with Crippen LogP contribution in [0.3, 0.4) is 0 Å². The van der Waals surface area contributed by atoms with Gasteiger partial charge < -0.3 is 16.0 Å². The van der Waals surface area contributed by atoms with E-state index in [9.17, 15) is 9.59 Å². The number of rotatable bonds is 7. The summed E-state index contributed by atoms with van der Waals surface area (Å²) in [6.45, 7) is 5.06. The van der Waals surface area contributed by atoms with Crippen molar-refractivity contribution >= 4 is 11.8 Å². The zero-order valence-electron chi connectivity index (χ0n) is 13.9. The number of carbonyl (C=O) groups excluding carboxylic acids is 2. The van der Waals surface area contributed by atoms with Crippen LogP contribution in [-0.4, -0.2) is 38.0 Å². The van der Waals surface area contributed by atoms with Gasteiger partial charge in [-0.15, -0.1) is 0 Å². The first kappa shape index (κ1) is 17.3. The Labute approximate surface area is 134 Å². The molecule has 0 spiro atoms. The lowest BCUT2D eigenvalue weighted by Crippen LogP contribution is -2.45. The van der Waals surface area contributed by atoms with Crippen molar-refractivity contribution in [2.24, 2.45) is 11.3 Å². The molecule has 1 saturated carbocycles. The maximum absolute atomic E-state index is 11.9. The molecule has 0 aromatic rings. The molecule has 0 radical (unpaired) electrons. The third-order valence-electron chi connectivity index (χ3n) is 5.22. The first-order chi connectivity index (χ1) is 10.6. The lowest BCUT2D eigenvalue weighted by Gasteiger charge is -2.34. The molecule has 1 heterocycles. The highest BCUT2D eigenvalue weighted by molar-refractivity contribution is 5.84. The number of piperidine rings is 1. The molecule has 0 aromatic heterocycles. The van der Waals surface area contributed by atoms with Gasteiger partial charge in [-0.25, -0.2) is 0 Å². The van der Waals surface area contributed by atoms with E-state index in [0.29, 0.717) is 13.0 Å². The molecule has 0 unspecified atom stereocenters. The van der Waals surface area contributed by atoms with Crippen molar-refractivity contribution in [2.45, 2.75) is 58.3 Å². The Morgan fingerprint density at radius 1 is 1.09 bits per heavy atom. The van der Waals surface area contributed by atoms with Crippen LogP contribution in [0, 0.1) is 11.3 Å². The van der Waals surface area contributed by atoms with Crippen molar-refractivity contribution in [3.63, 3.8) is 0 Å². The molecule has 126 valence electrons. The molecule has 22 heavy (non-hydrogen) atoms. The Morgan fingerprint density at radius 3 is 2.45 bits per heavy atom. The van der Waals surface area contributed by atoms with Gasteiger partial charge >= 0.3 is 0 Å². The number of hydrogen-bond donors (Lipinski definition) is 3. The van der Waals surface area contributed by atoms with E-state index < -0.39 is 0 Å². The minimum atomic E-state index is -0.0750. The molecule has 1 aliphatic heterocycles. The second kappa shape index (κ2) is 8.51. The van der Waals surface area contributed by atoms with Gasteiger partial charge in [0.1, 0.15) is 0 Å². The smallest absolute Gasteiger partial charge is 0.239 e. The van der Waals surface area contributed by atoms with Crippen LogP contribution in [0.4, 0.5) is 0 Å². The molecule has 2 amide bonds. The molecule has 1 aliphatic carbocycles. The van der Waals surface area contributed by atoms with E-state index in [4.69, 9.17) is 0 Å². The minimum absolute atomic E-state index is 0.00938. The summed E-state index contributed by atoms with van der Waals surface area (Å²) >= 11 is 0. The Bertz CT molecular complexity index is 372. The van der Waals surface area contributed by atoms with Crippen LogP contribution in [0.1, 0.15) is 58.3 Å². The van der Waals surface area contributed by atoms with Crippen molar-refractivity contribution < 1.29 is 9.59 Å². The third-order valence-corrected chi connectivity index (χ3v) is 5.22. The quantitative estimate of drug-likeness (QED) is 0.669. The zero-order valence-corrected chi connectivity index (χ0v) is 13.9. The van der Waals surface area contributed by atoms with Crippen LogP contribution in [-0.2, 0) is 9.59 Å². The van der Waals surface area contributed by atoms with E-state index in [1.165, 1.54) is 25.7 Å². The maximum Gasteiger partial charge on any atom is 0.239 e. The van der Waals surface area contributed by atoms with Gasteiger partial charge in [0.25, 0.3) is 0 Å². The van der Waals surface area contributed by atoms with E-state index >= 15 is 0 Å². The molecule has 2 fully saturated rings. The van der Waals surface area contributed by atoms with Crippen LogP contribution >= 0.6 is 0 Å². The lowest BCUT2D eigenvalue weighted by molar-refractivity contribution is -0.126. The van der Waals surface area contributed by atoms with Gasteiger partial charge in [-0.2, -0.15) is 0 Å². The van der Waals surface area contributed by atoms with Crippen molar-refractivity contribution in [1.29, 1.82) is 0 Å². The maximum atomic E-state index is 11.9. The Kier molecular flexibility index (Phi) is 6.68. The van der Waals surface area contributed by atoms with E-state index in [2.05, 4.69) is 22.9 Å². The monoisotopic (exact) mass is 309 g/mol. The van der Waals surface area contributed by atoms with Crippen molar-refractivity contribution in [2.75, 3.05) is 26.2 Å². The largest absolute Gasteiger partial charge is 0.354 e. The van der Waals surface area contributed by atoms with Crippen LogP contribution in [0.5, 0.6) is 0 Å². The van der Waals surface area contributed by atoms with E-state index in [1.54, 1.807) is 0 Å². The normalized spacial score (nSPS) is 21.5. The highest BCUT2D eigenvalue weighted by atomic mass is 16.2. The first-order valence-electron chi connectivity index (χ1n) is 8.81. The standard InChI is InChI=1S/C17H31N3O2/c1-17(8-10-18-11-9-17)13-20-16(22)12-19-15(21)7-6-14-4-2-3-5-14/h14,18H,2-13H2,1H3,(H,19,21)(H,20,22). The lowest BCUT2D eigenvalue weighted by atomic mass is 9.81. The molecule has 0 bridgehead atoms. The fraction of sp³-hybridized carbons (Fsp3) is 0.882. The van der Waals surface area contributed by atoms with Gasteiger partial charge in [-0.05, 0) is 43.7 Å². The van der Waals surface area contributed by atoms with Crippen LogP contribution in [0.2, 0.25) is 0 Å². The van der Waals surface area contributed by atoms with Gasteiger partial charge in [-0.1, -0.05) is 32.6 Å². The molecular formula is C17H31N3O2. The average Bonchev–Trinajstić information content (AvgIpc) is 3.03. The molecule has 0 atom stereocenters.